The fourth-order valence-corrected chi connectivity index (χ4v) is 3.41. The summed E-state index contributed by atoms with van der Waals surface area (Å²) >= 11 is 8.26. The van der Waals surface area contributed by atoms with Gasteiger partial charge in [0.15, 0.2) is 0 Å². The van der Waals surface area contributed by atoms with Crippen molar-refractivity contribution in [1.82, 2.24) is 0 Å². The van der Waals surface area contributed by atoms with Crippen molar-refractivity contribution < 1.29 is 5.11 Å². The van der Waals surface area contributed by atoms with Crippen molar-refractivity contribution in [3.05, 3.63) is 67.7 Å². The standard InChI is InChI=1S/C17H16ClIO/c18-14-8-9-16(19)15(10-14)17(20)13-6-4-12(5-7-13)11-2-1-3-11/h4-11,17,20H,1-3H2. The number of halogens is 2. The fourth-order valence-electron chi connectivity index (χ4n) is 2.60. The first-order chi connectivity index (χ1) is 9.65. The van der Waals surface area contributed by atoms with Crippen molar-refractivity contribution in [2.45, 2.75) is 31.3 Å². The van der Waals surface area contributed by atoms with Gasteiger partial charge in [0, 0.05) is 8.59 Å². The van der Waals surface area contributed by atoms with E-state index in [0.717, 1.165) is 20.6 Å². The van der Waals surface area contributed by atoms with Crippen molar-refractivity contribution in [2.75, 3.05) is 0 Å². The minimum absolute atomic E-state index is 0.615. The lowest BCUT2D eigenvalue weighted by Gasteiger charge is -2.26. The number of rotatable bonds is 3. The molecule has 0 saturated heterocycles. The van der Waals surface area contributed by atoms with Gasteiger partial charge < -0.3 is 5.11 Å². The highest BCUT2D eigenvalue weighted by atomic mass is 127. The molecular formula is C17H16ClIO. The predicted molar refractivity (Wildman–Crippen MR) is 91.3 cm³/mol. The van der Waals surface area contributed by atoms with Gasteiger partial charge in [0.1, 0.15) is 6.10 Å². The van der Waals surface area contributed by atoms with Crippen LogP contribution in [0, 0.1) is 3.57 Å². The molecule has 3 heteroatoms. The largest absolute Gasteiger partial charge is 0.384 e. The molecule has 2 aromatic carbocycles. The zero-order valence-corrected chi connectivity index (χ0v) is 13.9. The minimum Gasteiger partial charge on any atom is -0.384 e. The summed E-state index contributed by atoms with van der Waals surface area (Å²) in [5, 5.41) is 11.2. The molecule has 20 heavy (non-hydrogen) atoms. The second-order valence-corrected chi connectivity index (χ2v) is 6.96. The second-order valence-electron chi connectivity index (χ2n) is 5.36. The van der Waals surface area contributed by atoms with Crippen LogP contribution in [0.1, 0.15) is 48.0 Å². The molecule has 1 unspecified atom stereocenters. The van der Waals surface area contributed by atoms with Gasteiger partial charge in [-0.25, -0.2) is 0 Å². The van der Waals surface area contributed by atoms with E-state index in [4.69, 9.17) is 11.6 Å². The molecule has 1 aliphatic rings. The van der Waals surface area contributed by atoms with E-state index in [-0.39, 0.29) is 0 Å². The summed E-state index contributed by atoms with van der Waals surface area (Å²) in [7, 11) is 0. The Morgan fingerprint density at radius 1 is 1.10 bits per heavy atom. The van der Waals surface area contributed by atoms with Crippen LogP contribution >= 0.6 is 34.2 Å². The van der Waals surface area contributed by atoms with Gasteiger partial charge in [-0.3, -0.25) is 0 Å². The molecule has 1 saturated carbocycles. The Kier molecular flexibility index (Phi) is 4.34. The first kappa shape index (κ1) is 14.4. The molecule has 0 spiro atoms. The van der Waals surface area contributed by atoms with Crippen molar-refractivity contribution in [2.24, 2.45) is 0 Å². The SMILES string of the molecule is OC(c1ccc(C2CCC2)cc1)c1cc(Cl)ccc1I. The number of aliphatic hydroxyl groups is 1. The average Bonchev–Trinajstić information content (AvgIpc) is 2.40. The Hall–Kier alpha value is -0.580. The summed E-state index contributed by atoms with van der Waals surface area (Å²) in [4.78, 5) is 0. The molecule has 1 N–H and O–H groups in total. The highest BCUT2D eigenvalue weighted by Crippen LogP contribution is 2.37. The molecule has 2 aromatic rings. The summed E-state index contributed by atoms with van der Waals surface area (Å²) in [6, 6.07) is 14.0. The van der Waals surface area contributed by atoms with E-state index in [1.54, 1.807) is 0 Å². The van der Waals surface area contributed by atoms with Crippen LogP contribution < -0.4 is 0 Å². The van der Waals surface area contributed by atoms with Crippen LogP contribution in [0.15, 0.2) is 42.5 Å². The molecule has 104 valence electrons. The highest BCUT2D eigenvalue weighted by Gasteiger charge is 2.20. The summed E-state index contributed by atoms with van der Waals surface area (Å²) in [6.07, 6.45) is 3.33. The Balaban J connectivity index is 1.85. The van der Waals surface area contributed by atoms with Gasteiger partial charge in [-0.1, -0.05) is 42.3 Å². The highest BCUT2D eigenvalue weighted by molar-refractivity contribution is 14.1. The fraction of sp³-hybridized carbons (Fsp3) is 0.294. The van der Waals surface area contributed by atoms with Crippen LogP contribution in [-0.4, -0.2) is 5.11 Å². The molecule has 0 aliphatic heterocycles. The van der Waals surface area contributed by atoms with Gasteiger partial charge in [-0.05, 0) is 76.2 Å². The maximum absolute atomic E-state index is 10.5. The molecule has 1 nitrogen and oxygen atoms in total. The maximum atomic E-state index is 10.5. The van der Waals surface area contributed by atoms with Gasteiger partial charge in [0.25, 0.3) is 0 Å². The third-order valence-corrected chi connectivity index (χ3v) is 5.30. The first-order valence-electron chi connectivity index (χ1n) is 6.88. The van der Waals surface area contributed by atoms with Crippen molar-refractivity contribution in [1.29, 1.82) is 0 Å². The van der Waals surface area contributed by atoms with Crippen LogP contribution in [0.25, 0.3) is 0 Å². The number of benzene rings is 2. The molecular weight excluding hydrogens is 383 g/mol. The van der Waals surface area contributed by atoms with Gasteiger partial charge >= 0.3 is 0 Å². The molecule has 0 aromatic heterocycles. The molecule has 1 aliphatic carbocycles. The number of hydrogen-bond acceptors (Lipinski definition) is 1. The van der Waals surface area contributed by atoms with E-state index >= 15 is 0 Å². The Morgan fingerprint density at radius 3 is 2.40 bits per heavy atom. The average molecular weight is 399 g/mol. The lowest BCUT2D eigenvalue weighted by Crippen LogP contribution is -2.09. The minimum atomic E-state index is -0.615. The van der Waals surface area contributed by atoms with E-state index in [9.17, 15) is 5.11 Å². The van der Waals surface area contributed by atoms with Gasteiger partial charge in [-0.15, -0.1) is 0 Å². The molecule has 1 atom stereocenters. The van der Waals surface area contributed by atoms with Crippen molar-refractivity contribution >= 4 is 34.2 Å². The van der Waals surface area contributed by atoms with E-state index in [2.05, 4.69) is 34.7 Å². The van der Waals surface area contributed by atoms with Crippen LogP contribution in [-0.2, 0) is 0 Å². The molecule has 0 amide bonds. The van der Waals surface area contributed by atoms with Crippen molar-refractivity contribution in [3.63, 3.8) is 0 Å². The van der Waals surface area contributed by atoms with E-state index in [1.807, 2.05) is 30.3 Å². The summed E-state index contributed by atoms with van der Waals surface area (Å²) in [6.45, 7) is 0. The molecule has 0 heterocycles. The third-order valence-electron chi connectivity index (χ3n) is 4.08. The predicted octanol–water partition coefficient (Wildman–Crippen LogP) is 5.29. The van der Waals surface area contributed by atoms with E-state index in [0.29, 0.717) is 5.02 Å². The third kappa shape index (κ3) is 2.87. The quantitative estimate of drug-likeness (QED) is 0.696. The van der Waals surface area contributed by atoms with E-state index in [1.165, 1.54) is 24.8 Å². The zero-order valence-electron chi connectivity index (χ0n) is 11.0. The summed E-state index contributed by atoms with van der Waals surface area (Å²) in [5.41, 5.74) is 3.19. The number of aliphatic hydroxyl groups excluding tert-OH is 1. The zero-order chi connectivity index (χ0) is 14.1. The van der Waals surface area contributed by atoms with Crippen LogP contribution in [0.4, 0.5) is 0 Å². The van der Waals surface area contributed by atoms with Gasteiger partial charge in [0.2, 0.25) is 0 Å². The van der Waals surface area contributed by atoms with Crippen LogP contribution in [0.2, 0.25) is 5.02 Å². The summed E-state index contributed by atoms with van der Waals surface area (Å²) < 4.78 is 1.03. The maximum Gasteiger partial charge on any atom is 0.105 e. The molecule has 0 bridgehead atoms. The topological polar surface area (TPSA) is 20.2 Å². The molecule has 3 rings (SSSR count). The van der Waals surface area contributed by atoms with Crippen LogP contribution in [0.5, 0.6) is 0 Å². The second kappa shape index (κ2) is 6.04. The first-order valence-corrected chi connectivity index (χ1v) is 8.33. The smallest absolute Gasteiger partial charge is 0.105 e. The van der Waals surface area contributed by atoms with Crippen molar-refractivity contribution in [3.8, 4) is 0 Å². The van der Waals surface area contributed by atoms with E-state index < -0.39 is 6.10 Å². The lowest BCUT2D eigenvalue weighted by molar-refractivity contribution is 0.219. The summed E-state index contributed by atoms with van der Waals surface area (Å²) in [5.74, 6) is 0.729. The Bertz CT molecular complexity index is 605. The Morgan fingerprint density at radius 2 is 1.80 bits per heavy atom. The normalized spacial score (nSPS) is 16.8. The number of hydrogen-bond donors (Lipinski definition) is 1. The molecule has 1 fully saturated rings. The Labute approximate surface area is 138 Å². The monoisotopic (exact) mass is 398 g/mol. The van der Waals surface area contributed by atoms with Crippen LogP contribution in [0.3, 0.4) is 0 Å². The lowest BCUT2D eigenvalue weighted by atomic mass is 9.80. The van der Waals surface area contributed by atoms with Gasteiger partial charge in [-0.2, -0.15) is 0 Å². The molecule has 0 radical (unpaired) electrons. The van der Waals surface area contributed by atoms with Gasteiger partial charge in [0.05, 0.1) is 0 Å².